The van der Waals surface area contributed by atoms with Crippen molar-refractivity contribution in [2.45, 2.75) is 18.9 Å². The molecule has 1 atom stereocenters. The van der Waals surface area contributed by atoms with Crippen LogP contribution in [-0.4, -0.2) is 74.4 Å². The molecule has 30 heavy (non-hydrogen) atoms. The van der Waals surface area contributed by atoms with Crippen LogP contribution >= 0.6 is 11.6 Å². The van der Waals surface area contributed by atoms with Gasteiger partial charge in [-0.2, -0.15) is 8.42 Å². The Balaban J connectivity index is 2.92. The summed E-state index contributed by atoms with van der Waals surface area (Å²) in [6.45, 7) is -0.0484. The van der Waals surface area contributed by atoms with E-state index in [4.69, 9.17) is 21.8 Å². The molecule has 0 spiro atoms. The van der Waals surface area contributed by atoms with Crippen molar-refractivity contribution in [1.29, 1.82) is 0 Å². The Labute approximate surface area is 177 Å². The van der Waals surface area contributed by atoms with Gasteiger partial charge < -0.3 is 20.4 Å². The van der Waals surface area contributed by atoms with Gasteiger partial charge in [-0.3, -0.25) is 13.8 Å². The van der Waals surface area contributed by atoms with Gasteiger partial charge in [0.25, 0.3) is 16.0 Å². The van der Waals surface area contributed by atoms with Gasteiger partial charge >= 0.3 is 11.9 Å². The zero-order chi connectivity index (χ0) is 22.9. The number of rotatable bonds is 13. The number of halogens is 2. The van der Waals surface area contributed by atoms with E-state index in [1.807, 2.05) is 0 Å². The number of benzene rings is 1. The predicted molar refractivity (Wildman–Crippen MR) is 106 cm³/mol. The minimum absolute atomic E-state index is 0.0124. The first-order valence-electron chi connectivity index (χ1n) is 8.65. The van der Waals surface area contributed by atoms with Gasteiger partial charge in [0.05, 0.1) is 18.6 Å². The molecule has 3 N–H and O–H groups in total. The second kappa shape index (κ2) is 11.7. The Morgan fingerprint density at radius 3 is 2.43 bits per heavy atom. The van der Waals surface area contributed by atoms with E-state index >= 15 is 0 Å². The average molecular weight is 469 g/mol. The lowest BCUT2D eigenvalue weighted by Gasteiger charge is -2.24. The molecular formula is C17H22ClFN2O8S. The third-order valence-electron chi connectivity index (χ3n) is 3.81. The number of hydrogen-bond acceptors (Lipinski definition) is 7. The molecule has 0 aromatic heterocycles. The maximum Gasteiger partial charge on any atom is 0.326 e. The highest BCUT2D eigenvalue weighted by molar-refractivity contribution is 7.85. The van der Waals surface area contributed by atoms with Crippen molar-refractivity contribution in [3.05, 3.63) is 29.6 Å². The summed E-state index contributed by atoms with van der Waals surface area (Å²) in [4.78, 5) is 35.4. The number of nitrogens with one attached hydrogen (secondary N) is 1. The van der Waals surface area contributed by atoms with E-state index < -0.39 is 46.2 Å². The fourth-order valence-electron chi connectivity index (χ4n) is 2.42. The third-order valence-corrected chi connectivity index (χ3v) is 4.58. The lowest BCUT2D eigenvalue weighted by molar-refractivity contribution is -0.140. The number of nitrogens with zero attached hydrogens (tertiary/aromatic N) is 1. The standard InChI is InChI=1S/C17H22ClFN2O8S/c1-30(27,28)29-9-8-21(7-6-18)14-4-2-11(10-12(14)19)16(24)20-13(17(25)26)3-5-15(22)23/h2,4,10,13H,3,5-9H2,1H3,(H,20,24)(H,22,23)(H,25,26)/t13-/m0/s1. The van der Waals surface area contributed by atoms with Crippen molar-refractivity contribution >= 4 is 45.3 Å². The lowest BCUT2D eigenvalue weighted by Crippen LogP contribution is -2.41. The Bertz CT molecular complexity index is 881. The van der Waals surface area contributed by atoms with Crippen molar-refractivity contribution in [3.8, 4) is 0 Å². The summed E-state index contributed by atoms with van der Waals surface area (Å²) >= 11 is 5.70. The van der Waals surface area contributed by atoms with E-state index in [2.05, 4.69) is 9.50 Å². The van der Waals surface area contributed by atoms with E-state index in [1.165, 1.54) is 17.0 Å². The number of hydrogen-bond donors (Lipinski definition) is 3. The molecule has 168 valence electrons. The first kappa shape index (κ1) is 25.6. The van der Waals surface area contributed by atoms with Crippen LogP contribution in [0.5, 0.6) is 0 Å². The summed E-state index contributed by atoms with van der Waals surface area (Å²) in [6.07, 6.45) is 0.0853. The maximum atomic E-state index is 14.6. The molecule has 0 aliphatic rings. The Kier molecular flexibility index (Phi) is 9.96. The van der Waals surface area contributed by atoms with E-state index in [0.717, 1.165) is 12.3 Å². The monoisotopic (exact) mass is 468 g/mol. The van der Waals surface area contributed by atoms with Gasteiger partial charge in [0.15, 0.2) is 0 Å². The van der Waals surface area contributed by atoms with Crippen LogP contribution in [0.15, 0.2) is 18.2 Å². The first-order valence-corrected chi connectivity index (χ1v) is 11.0. The molecule has 0 saturated carbocycles. The van der Waals surface area contributed by atoms with Crippen molar-refractivity contribution in [3.63, 3.8) is 0 Å². The molecule has 0 unspecified atom stereocenters. The minimum Gasteiger partial charge on any atom is -0.481 e. The molecule has 13 heteroatoms. The largest absolute Gasteiger partial charge is 0.481 e. The summed E-state index contributed by atoms with van der Waals surface area (Å²) in [5.74, 6) is -4.22. The zero-order valence-electron chi connectivity index (χ0n) is 16.0. The first-order chi connectivity index (χ1) is 13.9. The van der Waals surface area contributed by atoms with E-state index in [1.54, 1.807) is 0 Å². The van der Waals surface area contributed by atoms with Gasteiger partial charge in [-0.05, 0) is 24.6 Å². The summed E-state index contributed by atoms with van der Waals surface area (Å²) < 4.78 is 41.3. The van der Waals surface area contributed by atoms with E-state index in [0.29, 0.717) is 0 Å². The molecule has 0 aliphatic carbocycles. The molecule has 0 saturated heterocycles. The van der Waals surface area contributed by atoms with Crippen LogP contribution in [0.2, 0.25) is 0 Å². The summed E-state index contributed by atoms with van der Waals surface area (Å²) in [5, 5.41) is 19.9. The topological polar surface area (TPSA) is 150 Å². The number of carboxylic acid groups (broad SMARTS) is 2. The summed E-state index contributed by atoms with van der Waals surface area (Å²) in [6, 6.07) is 1.96. The fraction of sp³-hybridized carbons (Fsp3) is 0.471. The molecule has 1 amide bonds. The molecule has 1 aromatic carbocycles. The zero-order valence-corrected chi connectivity index (χ0v) is 17.6. The summed E-state index contributed by atoms with van der Waals surface area (Å²) in [5.41, 5.74) is -0.124. The van der Waals surface area contributed by atoms with Crippen LogP contribution in [-0.2, 0) is 23.9 Å². The van der Waals surface area contributed by atoms with Gasteiger partial charge in [0.1, 0.15) is 11.9 Å². The molecule has 0 fully saturated rings. The molecule has 0 aliphatic heterocycles. The van der Waals surface area contributed by atoms with Gasteiger partial charge in [-0.1, -0.05) is 0 Å². The fourth-order valence-corrected chi connectivity index (χ4v) is 3.01. The smallest absolute Gasteiger partial charge is 0.326 e. The third kappa shape index (κ3) is 8.93. The Hall–Kier alpha value is -2.44. The van der Waals surface area contributed by atoms with Crippen LogP contribution in [0.1, 0.15) is 23.2 Å². The lowest BCUT2D eigenvalue weighted by atomic mass is 10.1. The SMILES string of the molecule is CS(=O)(=O)OCCN(CCCl)c1ccc(C(=O)N[C@@H](CCC(=O)O)C(=O)O)cc1F. The van der Waals surface area contributed by atoms with Crippen molar-refractivity contribution < 1.29 is 41.6 Å². The molecule has 0 heterocycles. The van der Waals surface area contributed by atoms with Gasteiger partial charge in [-0.15, -0.1) is 11.6 Å². The van der Waals surface area contributed by atoms with Crippen LogP contribution in [0.3, 0.4) is 0 Å². The molecule has 0 bridgehead atoms. The van der Waals surface area contributed by atoms with Crippen LogP contribution in [0.4, 0.5) is 10.1 Å². The molecular weight excluding hydrogens is 447 g/mol. The van der Waals surface area contributed by atoms with E-state index in [9.17, 15) is 27.2 Å². The van der Waals surface area contributed by atoms with Gasteiger partial charge in [0, 0.05) is 31.0 Å². The quantitative estimate of drug-likeness (QED) is 0.283. The molecule has 1 rings (SSSR count). The molecule has 1 aromatic rings. The van der Waals surface area contributed by atoms with E-state index in [-0.39, 0.29) is 43.2 Å². The minimum atomic E-state index is -3.66. The highest BCUT2D eigenvalue weighted by Crippen LogP contribution is 2.21. The highest BCUT2D eigenvalue weighted by atomic mass is 35.5. The molecule has 0 radical (unpaired) electrons. The van der Waals surface area contributed by atoms with Gasteiger partial charge in [0.2, 0.25) is 0 Å². The van der Waals surface area contributed by atoms with Crippen LogP contribution in [0.25, 0.3) is 0 Å². The number of carboxylic acids is 2. The van der Waals surface area contributed by atoms with Crippen molar-refractivity contribution in [1.82, 2.24) is 5.32 Å². The number of alkyl halides is 1. The second-order valence-corrected chi connectivity index (χ2v) is 8.19. The highest BCUT2D eigenvalue weighted by Gasteiger charge is 2.22. The van der Waals surface area contributed by atoms with Crippen LogP contribution < -0.4 is 10.2 Å². The number of carbonyl (C=O) groups excluding carboxylic acids is 1. The van der Waals surface area contributed by atoms with Crippen molar-refractivity contribution in [2.24, 2.45) is 0 Å². The Morgan fingerprint density at radius 1 is 1.27 bits per heavy atom. The summed E-state index contributed by atoms with van der Waals surface area (Å²) in [7, 11) is -3.66. The number of carbonyl (C=O) groups is 3. The Morgan fingerprint density at radius 2 is 1.93 bits per heavy atom. The van der Waals surface area contributed by atoms with Gasteiger partial charge in [-0.25, -0.2) is 9.18 Å². The number of amides is 1. The maximum absolute atomic E-state index is 14.6. The number of aliphatic carboxylic acids is 2. The second-order valence-electron chi connectivity index (χ2n) is 6.17. The molecule has 10 nitrogen and oxygen atoms in total. The van der Waals surface area contributed by atoms with Crippen LogP contribution in [0, 0.1) is 5.82 Å². The average Bonchev–Trinajstić information content (AvgIpc) is 2.62. The number of anilines is 1. The van der Waals surface area contributed by atoms with Crippen molar-refractivity contribution in [2.75, 3.05) is 36.7 Å². The predicted octanol–water partition coefficient (Wildman–Crippen LogP) is 0.895. The normalized spacial score (nSPS) is 12.2.